The number of ether oxygens (including phenoxy) is 2. The summed E-state index contributed by atoms with van der Waals surface area (Å²) in [7, 11) is -2.45. The summed E-state index contributed by atoms with van der Waals surface area (Å²) in [6.07, 6.45) is 2.87. The second-order valence-electron chi connectivity index (χ2n) is 6.26. The number of nitriles is 1. The minimum Gasteiger partial charge on any atom is -0.487 e. The quantitative estimate of drug-likeness (QED) is 0.383. The fourth-order valence-corrected chi connectivity index (χ4v) is 4.99. The largest absolute Gasteiger partial charge is 0.487 e. The molecule has 152 valence electrons. The second-order valence-corrected chi connectivity index (χ2v) is 8.96. The molecule has 0 N–H and O–H groups in total. The van der Waals surface area contributed by atoms with Gasteiger partial charge in [-0.2, -0.15) is 5.26 Å². The molecule has 0 saturated carbocycles. The Morgan fingerprint density at radius 2 is 1.93 bits per heavy atom. The molecule has 4 aromatic rings. The SMILES string of the molecule is COCCOc1c(C#N)ncc2c1c1cc(Br)cnc1n2S(=O)(=O)c1ccccc1. The summed E-state index contributed by atoms with van der Waals surface area (Å²) in [6, 6.07) is 11.8. The standard InChI is InChI=1S/C20H15BrN4O4S/c1-28-7-8-29-19-16(10-22)23-12-17-18(19)15-9-13(21)11-24-20(15)25(17)30(26,27)14-5-3-2-4-6-14/h2-6,9,11-12H,7-8H2,1H3. The Kier molecular flexibility index (Phi) is 5.42. The number of hydrogen-bond donors (Lipinski definition) is 0. The minimum absolute atomic E-state index is 0.0507. The van der Waals surface area contributed by atoms with Crippen molar-refractivity contribution < 1.29 is 17.9 Å². The molecule has 0 aliphatic rings. The number of methoxy groups -OCH3 is 1. The van der Waals surface area contributed by atoms with Crippen LogP contribution in [0.15, 0.2) is 58.2 Å². The summed E-state index contributed by atoms with van der Waals surface area (Å²) in [6.45, 7) is 0.468. The van der Waals surface area contributed by atoms with Crippen LogP contribution in [0.3, 0.4) is 0 Å². The highest BCUT2D eigenvalue weighted by Crippen LogP contribution is 2.39. The van der Waals surface area contributed by atoms with Gasteiger partial charge in [0, 0.05) is 23.2 Å². The molecule has 0 bridgehead atoms. The van der Waals surface area contributed by atoms with Crippen LogP contribution in [0.25, 0.3) is 21.9 Å². The van der Waals surface area contributed by atoms with Gasteiger partial charge < -0.3 is 9.47 Å². The van der Waals surface area contributed by atoms with Crippen molar-refractivity contribution in [3.63, 3.8) is 0 Å². The number of fused-ring (bicyclic) bond motifs is 3. The number of rotatable bonds is 6. The van der Waals surface area contributed by atoms with E-state index in [2.05, 4.69) is 25.9 Å². The van der Waals surface area contributed by atoms with Gasteiger partial charge in [-0.25, -0.2) is 22.4 Å². The third-order valence-electron chi connectivity index (χ3n) is 4.45. The maximum absolute atomic E-state index is 13.5. The van der Waals surface area contributed by atoms with Crippen LogP contribution in [0.2, 0.25) is 0 Å². The topological polar surface area (TPSA) is 107 Å². The maximum atomic E-state index is 13.5. The molecule has 1 aromatic carbocycles. The van der Waals surface area contributed by atoms with Gasteiger partial charge in [-0.15, -0.1) is 0 Å². The Balaban J connectivity index is 2.12. The number of benzene rings is 1. The molecule has 10 heteroatoms. The molecule has 0 saturated heterocycles. The van der Waals surface area contributed by atoms with E-state index in [0.29, 0.717) is 21.9 Å². The van der Waals surface area contributed by atoms with Gasteiger partial charge in [-0.05, 0) is 34.1 Å². The van der Waals surface area contributed by atoms with Crippen LogP contribution in [0.1, 0.15) is 5.69 Å². The molecule has 0 atom stereocenters. The first-order chi connectivity index (χ1) is 14.5. The van der Waals surface area contributed by atoms with E-state index in [9.17, 15) is 13.7 Å². The van der Waals surface area contributed by atoms with E-state index < -0.39 is 10.0 Å². The highest BCUT2D eigenvalue weighted by molar-refractivity contribution is 9.10. The molecule has 0 radical (unpaired) electrons. The van der Waals surface area contributed by atoms with Gasteiger partial charge in [0.15, 0.2) is 17.1 Å². The highest BCUT2D eigenvalue weighted by atomic mass is 79.9. The summed E-state index contributed by atoms with van der Waals surface area (Å²) in [5.41, 5.74) is 0.533. The summed E-state index contributed by atoms with van der Waals surface area (Å²) in [4.78, 5) is 8.60. The number of pyridine rings is 2. The van der Waals surface area contributed by atoms with Gasteiger partial charge in [0.1, 0.15) is 12.7 Å². The van der Waals surface area contributed by atoms with Crippen molar-refractivity contribution in [2.24, 2.45) is 0 Å². The van der Waals surface area contributed by atoms with Crippen LogP contribution in [-0.4, -0.2) is 42.7 Å². The fourth-order valence-electron chi connectivity index (χ4n) is 3.18. The first kappa shape index (κ1) is 20.3. The van der Waals surface area contributed by atoms with E-state index in [1.54, 1.807) is 24.3 Å². The zero-order chi connectivity index (χ0) is 21.3. The molecule has 8 nitrogen and oxygen atoms in total. The Hall–Kier alpha value is -3.00. The highest BCUT2D eigenvalue weighted by Gasteiger charge is 2.27. The number of hydrogen-bond acceptors (Lipinski definition) is 7. The van der Waals surface area contributed by atoms with Crippen LogP contribution in [-0.2, 0) is 14.8 Å². The number of nitrogens with zero attached hydrogens (tertiary/aromatic N) is 4. The third kappa shape index (κ3) is 3.31. The van der Waals surface area contributed by atoms with Crippen LogP contribution in [0.4, 0.5) is 0 Å². The smallest absolute Gasteiger partial charge is 0.269 e. The summed E-state index contributed by atoms with van der Waals surface area (Å²) in [5.74, 6) is 0.193. The minimum atomic E-state index is -3.99. The maximum Gasteiger partial charge on any atom is 0.269 e. The lowest BCUT2D eigenvalue weighted by molar-refractivity contribution is 0.147. The van der Waals surface area contributed by atoms with Crippen molar-refractivity contribution in [2.75, 3.05) is 20.3 Å². The lowest BCUT2D eigenvalue weighted by Crippen LogP contribution is -2.13. The van der Waals surface area contributed by atoms with Gasteiger partial charge in [0.05, 0.1) is 28.6 Å². The second kappa shape index (κ2) is 8.02. The predicted molar refractivity (Wildman–Crippen MR) is 114 cm³/mol. The van der Waals surface area contributed by atoms with Crippen LogP contribution in [0.5, 0.6) is 5.75 Å². The molecular weight excluding hydrogens is 472 g/mol. The van der Waals surface area contributed by atoms with Crippen molar-refractivity contribution in [1.29, 1.82) is 5.26 Å². The molecule has 30 heavy (non-hydrogen) atoms. The third-order valence-corrected chi connectivity index (χ3v) is 6.60. The van der Waals surface area contributed by atoms with E-state index in [4.69, 9.17) is 9.47 Å². The molecule has 0 unspecified atom stereocenters. The van der Waals surface area contributed by atoms with E-state index in [-0.39, 0.29) is 34.1 Å². The fraction of sp³-hybridized carbons (Fsp3) is 0.150. The Morgan fingerprint density at radius 3 is 2.63 bits per heavy atom. The van der Waals surface area contributed by atoms with Crippen molar-refractivity contribution in [3.8, 4) is 11.8 Å². The van der Waals surface area contributed by atoms with Gasteiger partial charge >= 0.3 is 0 Å². The normalized spacial score (nSPS) is 11.6. The molecular formula is C20H15BrN4O4S. The van der Waals surface area contributed by atoms with Crippen LogP contribution < -0.4 is 4.74 Å². The van der Waals surface area contributed by atoms with Crippen molar-refractivity contribution in [1.82, 2.24) is 13.9 Å². The Labute approximate surface area is 180 Å². The molecule has 0 aliphatic carbocycles. The Morgan fingerprint density at radius 1 is 1.17 bits per heavy atom. The zero-order valence-electron chi connectivity index (χ0n) is 15.7. The zero-order valence-corrected chi connectivity index (χ0v) is 18.1. The van der Waals surface area contributed by atoms with Crippen LogP contribution in [0, 0.1) is 11.3 Å². The molecule has 0 spiro atoms. The first-order valence-corrected chi connectivity index (χ1v) is 11.0. The lowest BCUT2D eigenvalue weighted by Gasteiger charge is -2.10. The van der Waals surface area contributed by atoms with Crippen molar-refractivity contribution >= 4 is 47.9 Å². The average molecular weight is 487 g/mol. The van der Waals surface area contributed by atoms with Crippen molar-refractivity contribution in [2.45, 2.75) is 4.90 Å². The molecule has 3 aromatic heterocycles. The number of aromatic nitrogens is 3. The van der Waals surface area contributed by atoms with E-state index in [0.717, 1.165) is 3.97 Å². The lowest BCUT2D eigenvalue weighted by atomic mass is 10.2. The summed E-state index contributed by atoms with van der Waals surface area (Å²) >= 11 is 3.38. The molecule has 0 fully saturated rings. The van der Waals surface area contributed by atoms with Crippen LogP contribution >= 0.6 is 15.9 Å². The van der Waals surface area contributed by atoms with Gasteiger partial charge in [-0.1, -0.05) is 18.2 Å². The number of halogens is 1. The first-order valence-electron chi connectivity index (χ1n) is 8.80. The monoisotopic (exact) mass is 486 g/mol. The summed E-state index contributed by atoms with van der Waals surface area (Å²) in [5, 5.41) is 10.5. The van der Waals surface area contributed by atoms with E-state index >= 15 is 0 Å². The predicted octanol–water partition coefficient (Wildman–Crippen LogP) is 3.48. The molecule has 3 heterocycles. The molecule has 0 aliphatic heterocycles. The molecule has 0 amide bonds. The van der Waals surface area contributed by atoms with Gasteiger partial charge in [0.2, 0.25) is 0 Å². The van der Waals surface area contributed by atoms with Gasteiger partial charge in [0.25, 0.3) is 10.0 Å². The summed E-state index contributed by atoms with van der Waals surface area (Å²) < 4.78 is 39.6. The molecule has 4 rings (SSSR count). The van der Waals surface area contributed by atoms with E-state index in [1.807, 2.05) is 6.07 Å². The van der Waals surface area contributed by atoms with Crippen molar-refractivity contribution in [3.05, 3.63) is 59.0 Å². The Bertz CT molecular complexity index is 1400. The van der Waals surface area contributed by atoms with E-state index in [1.165, 1.54) is 31.6 Å². The average Bonchev–Trinajstić information content (AvgIpc) is 3.09. The van der Waals surface area contributed by atoms with Gasteiger partial charge in [-0.3, -0.25) is 0 Å².